The molecule has 1 aromatic heterocycles. The molecule has 70 valence electrons. The maximum atomic E-state index is 10.8. The molecule has 0 radical (unpaired) electrons. The second kappa shape index (κ2) is 2.85. The molecule has 0 unspecified atom stereocenters. The minimum Gasteiger partial charge on any atom is -0.363 e. The number of carbonyl (C=O) groups excluding carboxylic acids is 1. The fraction of sp³-hybridized carbons (Fsp3) is 0.500. The summed E-state index contributed by atoms with van der Waals surface area (Å²) in [6, 6.07) is 0. The van der Waals surface area contributed by atoms with Crippen LogP contribution in [-0.2, 0) is 13.0 Å². The fourth-order valence-electron chi connectivity index (χ4n) is 1.54. The lowest BCUT2D eigenvalue weighted by Crippen LogP contribution is -2.26. The van der Waals surface area contributed by atoms with Gasteiger partial charge in [0.05, 0.1) is 5.69 Å². The van der Waals surface area contributed by atoms with Gasteiger partial charge in [-0.2, -0.15) is 0 Å². The highest BCUT2D eigenvalue weighted by atomic mass is 16.1. The van der Waals surface area contributed by atoms with Crippen molar-refractivity contribution in [2.75, 3.05) is 13.6 Å². The molecule has 0 spiro atoms. The van der Waals surface area contributed by atoms with E-state index < -0.39 is 5.91 Å². The van der Waals surface area contributed by atoms with Gasteiger partial charge in [-0.05, 0) is 7.05 Å². The first-order valence-corrected chi connectivity index (χ1v) is 4.23. The van der Waals surface area contributed by atoms with Crippen molar-refractivity contribution in [1.82, 2.24) is 14.9 Å². The molecule has 0 saturated carbocycles. The van der Waals surface area contributed by atoms with Gasteiger partial charge in [-0.25, -0.2) is 4.98 Å². The molecule has 0 aliphatic carbocycles. The zero-order valence-corrected chi connectivity index (χ0v) is 7.50. The van der Waals surface area contributed by atoms with Crippen LogP contribution in [-0.4, -0.2) is 34.4 Å². The number of nitrogens with zero attached hydrogens (tertiary/aromatic N) is 2. The molecule has 2 rings (SSSR count). The third-order valence-electron chi connectivity index (χ3n) is 2.26. The van der Waals surface area contributed by atoms with Gasteiger partial charge in [-0.3, -0.25) is 4.79 Å². The first-order valence-electron chi connectivity index (χ1n) is 4.23. The van der Waals surface area contributed by atoms with Crippen LogP contribution in [0.3, 0.4) is 0 Å². The number of fused-ring (bicyclic) bond motifs is 1. The predicted molar refractivity (Wildman–Crippen MR) is 47.1 cm³/mol. The van der Waals surface area contributed by atoms with Crippen molar-refractivity contribution >= 4 is 5.91 Å². The monoisotopic (exact) mass is 180 g/mol. The van der Waals surface area contributed by atoms with E-state index in [-0.39, 0.29) is 5.82 Å². The van der Waals surface area contributed by atoms with E-state index in [9.17, 15) is 4.79 Å². The number of rotatable bonds is 1. The molecule has 1 aromatic rings. The molecule has 1 aliphatic heterocycles. The Balaban J connectivity index is 2.33. The smallest absolute Gasteiger partial charge is 0.284 e. The van der Waals surface area contributed by atoms with Crippen molar-refractivity contribution in [3.05, 3.63) is 17.2 Å². The lowest BCUT2D eigenvalue weighted by Gasteiger charge is -2.20. The number of likely N-dealkylation sites (N-methyl/N-ethyl adjacent to an activating group) is 1. The van der Waals surface area contributed by atoms with Crippen molar-refractivity contribution in [2.45, 2.75) is 13.0 Å². The number of aromatic amines is 1. The van der Waals surface area contributed by atoms with E-state index in [1.165, 1.54) is 0 Å². The van der Waals surface area contributed by atoms with Crippen molar-refractivity contribution in [3.63, 3.8) is 0 Å². The Hall–Kier alpha value is -1.36. The Morgan fingerprint density at radius 1 is 1.69 bits per heavy atom. The number of imidazole rings is 1. The highest BCUT2D eigenvalue weighted by Gasteiger charge is 2.18. The highest BCUT2D eigenvalue weighted by molar-refractivity contribution is 5.89. The Labute approximate surface area is 75.9 Å². The molecular weight excluding hydrogens is 168 g/mol. The van der Waals surface area contributed by atoms with Crippen LogP contribution in [0.1, 0.15) is 22.0 Å². The summed E-state index contributed by atoms with van der Waals surface area (Å²) in [5.41, 5.74) is 7.11. The third kappa shape index (κ3) is 1.42. The zero-order valence-electron chi connectivity index (χ0n) is 7.50. The zero-order chi connectivity index (χ0) is 9.42. The fourth-order valence-corrected chi connectivity index (χ4v) is 1.54. The lowest BCUT2D eigenvalue weighted by atomic mass is 10.2. The van der Waals surface area contributed by atoms with Crippen molar-refractivity contribution in [2.24, 2.45) is 5.73 Å². The van der Waals surface area contributed by atoms with Crippen LogP contribution in [0.5, 0.6) is 0 Å². The molecule has 0 bridgehead atoms. The third-order valence-corrected chi connectivity index (χ3v) is 2.26. The first-order chi connectivity index (χ1) is 6.16. The molecule has 3 N–H and O–H groups in total. The molecule has 2 heterocycles. The summed E-state index contributed by atoms with van der Waals surface area (Å²) in [4.78, 5) is 20.0. The van der Waals surface area contributed by atoms with E-state index in [4.69, 9.17) is 5.73 Å². The lowest BCUT2D eigenvalue weighted by molar-refractivity contribution is 0.0991. The summed E-state index contributed by atoms with van der Waals surface area (Å²) in [6.45, 7) is 1.78. The maximum Gasteiger partial charge on any atom is 0.284 e. The average molecular weight is 180 g/mol. The molecule has 0 saturated heterocycles. The van der Waals surface area contributed by atoms with Crippen LogP contribution in [0.2, 0.25) is 0 Å². The highest BCUT2D eigenvalue weighted by Crippen LogP contribution is 2.14. The summed E-state index contributed by atoms with van der Waals surface area (Å²) in [5, 5.41) is 0. The molecule has 1 amide bonds. The molecule has 0 aromatic carbocycles. The largest absolute Gasteiger partial charge is 0.363 e. The Morgan fingerprint density at radius 3 is 3.15 bits per heavy atom. The van der Waals surface area contributed by atoms with E-state index in [1.54, 1.807) is 0 Å². The van der Waals surface area contributed by atoms with Crippen LogP contribution < -0.4 is 5.73 Å². The predicted octanol–water partition coefficient (Wildman–Crippen LogP) is -0.504. The Morgan fingerprint density at radius 2 is 2.46 bits per heavy atom. The number of primary amides is 1. The van der Waals surface area contributed by atoms with Gasteiger partial charge in [0.1, 0.15) is 0 Å². The number of carbonyl (C=O) groups is 1. The van der Waals surface area contributed by atoms with Crippen LogP contribution >= 0.6 is 0 Å². The summed E-state index contributed by atoms with van der Waals surface area (Å²) >= 11 is 0. The molecule has 5 nitrogen and oxygen atoms in total. The van der Waals surface area contributed by atoms with Crippen LogP contribution in [0, 0.1) is 0 Å². The van der Waals surface area contributed by atoms with Gasteiger partial charge >= 0.3 is 0 Å². The minimum atomic E-state index is -0.489. The van der Waals surface area contributed by atoms with Gasteiger partial charge in [-0.15, -0.1) is 0 Å². The van der Waals surface area contributed by atoms with E-state index in [0.717, 1.165) is 30.9 Å². The van der Waals surface area contributed by atoms with Crippen molar-refractivity contribution in [3.8, 4) is 0 Å². The Bertz CT molecular complexity index is 344. The molecule has 0 atom stereocenters. The molecule has 1 aliphatic rings. The van der Waals surface area contributed by atoms with Gasteiger partial charge in [-0.1, -0.05) is 0 Å². The maximum absolute atomic E-state index is 10.8. The minimum absolute atomic E-state index is 0.278. The normalized spacial score (nSPS) is 17.0. The second-order valence-corrected chi connectivity index (χ2v) is 3.36. The number of hydrogen-bond acceptors (Lipinski definition) is 3. The summed E-state index contributed by atoms with van der Waals surface area (Å²) in [7, 11) is 2.03. The summed E-state index contributed by atoms with van der Waals surface area (Å²) in [5.74, 6) is -0.211. The van der Waals surface area contributed by atoms with Gasteiger partial charge in [0.25, 0.3) is 5.91 Å². The number of hydrogen-bond donors (Lipinski definition) is 2. The number of amides is 1. The first kappa shape index (κ1) is 8.25. The van der Waals surface area contributed by atoms with Crippen LogP contribution in [0.15, 0.2) is 0 Å². The SMILES string of the molecule is CN1CCc2[nH]c(C(N)=O)nc2C1. The van der Waals surface area contributed by atoms with Gasteiger partial charge in [0.15, 0.2) is 5.82 Å². The number of aromatic nitrogens is 2. The van der Waals surface area contributed by atoms with Crippen molar-refractivity contribution < 1.29 is 4.79 Å². The van der Waals surface area contributed by atoms with E-state index >= 15 is 0 Å². The molecular formula is C8H12N4O. The van der Waals surface area contributed by atoms with Crippen molar-refractivity contribution in [1.29, 1.82) is 0 Å². The molecule has 5 heteroatoms. The second-order valence-electron chi connectivity index (χ2n) is 3.36. The van der Waals surface area contributed by atoms with Gasteiger partial charge < -0.3 is 15.6 Å². The van der Waals surface area contributed by atoms with Gasteiger partial charge in [0, 0.05) is 25.2 Å². The van der Waals surface area contributed by atoms with Crippen LogP contribution in [0.4, 0.5) is 0 Å². The number of nitrogens with one attached hydrogen (secondary N) is 1. The average Bonchev–Trinajstić information content (AvgIpc) is 2.46. The summed E-state index contributed by atoms with van der Waals surface area (Å²) < 4.78 is 0. The number of H-pyrrole nitrogens is 1. The topological polar surface area (TPSA) is 75.0 Å². The summed E-state index contributed by atoms with van der Waals surface area (Å²) in [6.07, 6.45) is 0.909. The van der Waals surface area contributed by atoms with E-state index in [1.807, 2.05) is 7.05 Å². The standard InChI is InChI=1S/C8H12N4O/c1-12-3-2-5-6(4-12)11-8(10-5)7(9)13/h2-4H2,1H3,(H2,9,13)(H,10,11). The number of nitrogens with two attached hydrogens (primary N) is 1. The Kier molecular flexibility index (Phi) is 1.81. The quantitative estimate of drug-likeness (QED) is 0.611. The van der Waals surface area contributed by atoms with E-state index in [2.05, 4.69) is 14.9 Å². The van der Waals surface area contributed by atoms with Gasteiger partial charge in [0.2, 0.25) is 0 Å². The van der Waals surface area contributed by atoms with E-state index in [0.29, 0.717) is 0 Å². The van der Waals surface area contributed by atoms with Crippen LogP contribution in [0.25, 0.3) is 0 Å². The molecule has 13 heavy (non-hydrogen) atoms. The molecule has 0 fully saturated rings.